The highest BCUT2D eigenvalue weighted by Crippen LogP contribution is 2.23. The van der Waals surface area contributed by atoms with Gasteiger partial charge in [0.15, 0.2) is 12.3 Å². The number of nitrogens with one attached hydrogen (secondary N) is 2. The molecule has 2 aromatic heterocycles. The van der Waals surface area contributed by atoms with E-state index in [1.54, 1.807) is 34.8 Å². The fourth-order valence-corrected chi connectivity index (χ4v) is 3.61. The van der Waals surface area contributed by atoms with Crippen LogP contribution in [0.2, 0.25) is 0 Å². The Morgan fingerprint density at radius 1 is 0.970 bits per heavy atom. The summed E-state index contributed by atoms with van der Waals surface area (Å²) in [5.74, 6) is -1.62. The maximum Gasteiger partial charge on any atom is 0.306 e. The number of ether oxygens (including phenoxy) is 1. The predicted molar refractivity (Wildman–Crippen MR) is 121 cm³/mol. The zero-order valence-corrected chi connectivity index (χ0v) is 18.3. The van der Waals surface area contributed by atoms with Crippen LogP contribution in [0.3, 0.4) is 0 Å². The number of carbonyl (C=O) groups is 3. The molecule has 4 aromatic rings. The number of fused-ring (bicyclic) bond motifs is 3. The number of hydrazine groups is 1. The number of benzene rings is 2. The van der Waals surface area contributed by atoms with Crippen LogP contribution in [0.25, 0.3) is 16.6 Å². The molecule has 2 N–H and O–H groups in total. The molecule has 9 heteroatoms. The Kier molecular flexibility index (Phi) is 6.30. The van der Waals surface area contributed by atoms with Gasteiger partial charge in [-0.2, -0.15) is 5.10 Å². The van der Waals surface area contributed by atoms with Crippen LogP contribution in [0.1, 0.15) is 33.7 Å². The molecule has 0 spiro atoms. The van der Waals surface area contributed by atoms with E-state index >= 15 is 0 Å². The Bertz CT molecular complexity index is 1350. The maximum atomic E-state index is 12.2. The van der Waals surface area contributed by atoms with Gasteiger partial charge in [-0.15, -0.1) is 0 Å². The largest absolute Gasteiger partial charge is 0.455 e. The number of amides is 2. The molecule has 0 fully saturated rings. The molecule has 2 aromatic carbocycles. The van der Waals surface area contributed by atoms with Crippen molar-refractivity contribution in [2.75, 3.05) is 6.61 Å². The van der Waals surface area contributed by atoms with Crippen LogP contribution in [-0.2, 0) is 20.7 Å². The number of esters is 1. The number of hydrogen-bond donors (Lipinski definition) is 2. The molecule has 0 saturated carbocycles. The second kappa shape index (κ2) is 9.47. The minimum absolute atomic E-state index is 0.0826. The van der Waals surface area contributed by atoms with Crippen LogP contribution in [0.5, 0.6) is 0 Å². The van der Waals surface area contributed by atoms with E-state index in [1.807, 2.05) is 38.1 Å². The van der Waals surface area contributed by atoms with E-state index in [1.165, 1.54) is 0 Å². The molecular formula is C24H23N5O4. The fourth-order valence-electron chi connectivity index (χ4n) is 3.61. The lowest BCUT2D eigenvalue weighted by molar-refractivity contribution is -0.148. The van der Waals surface area contributed by atoms with E-state index in [2.05, 4.69) is 20.9 Å². The zero-order chi connectivity index (χ0) is 23.4. The van der Waals surface area contributed by atoms with Crippen LogP contribution in [0.15, 0.2) is 54.6 Å². The summed E-state index contributed by atoms with van der Waals surface area (Å²) in [7, 11) is 0. The minimum Gasteiger partial charge on any atom is -0.455 e. The molecule has 2 amide bonds. The van der Waals surface area contributed by atoms with Gasteiger partial charge in [-0.3, -0.25) is 25.2 Å². The van der Waals surface area contributed by atoms with E-state index in [0.717, 1.165) is 33.5 Å². The molecule has 0 radical (unpaired) electrons. The number of rotatable bonds is 6. The van der Waals surface area contributed by atoms with Crippen molar-refractivity contribution in [2.24, 2.45) is 0 Å². The van der Waals surface area contributed by atoms with Gasteiger partial charge < -0.3 is 4.74 Å². The molecule has 9 nitrogen and oxygen atoms in total. The van der Waals surface area contributed by atoms with E-state index in [0.29, 0.717) is 12.0 Å². The average Bonchev–Trinajstić information content (AvgIpc) is 3.20. The standard InChI is InChI=1S/C24H23N5O4/c1-15-18(16(2)29-23(25-15)19-10-6-7-11-20(19)28-29)12-13-22(31)33-14-21(30)26-27-24(32)17-8-4-3-5-9-17/h3-11H,12-14H2,1-2H3,(H,26,30)(H,27,32). The molecule has 4 rings (SSSR count). The first-order chi connectivity index (χ1) is 15.9. The molecule has 0 aliphatic rings. The quantitative estimate of drug-likeness (QED) is 0.348. The Balaban J connectivity index is 1.31. The average molecular weight is 445 g/mol. The van der Waals surface area contributed by atoms with Crippen molar-refractivity contribution in [1.82, 2.24) is 25.4 Å². The molecule has 0 aliphatic heterocycles. The Hall–Kier alpha value is -4.27. The third-order valence-electron chi connectivity index (χ3n) is 5.31. The topological polar surface area (TPSA) is 115 Å². The summed E-state index contributed by atoms with van der Waals surface area (Å²) in [6.07, 6.45) is 0.487. The summed E-state index contributed by atoms with van der Waals surface area (Å²) in [6, 6.07) is 16.2. The Labute approximate surface area is 189 Å². The van der Waals surface area contributed by atoms with Crippen molar-refractivity contribution in [2.45, 2.75) is 26.7 Å². The SMILES string of the molecule is Cc1nc2c3ccccc3nn2c(C)c1CCC(=O)OCC(=O)NNC(=O)c1ccccc1. The van der Waals surface area contributed by atoms with Gasteiger partial charge in [-0.05, 0) is 50.1 Å². The molecule has 33 heavy (non-hydrogen) atoms. The lowest BCUT2D eigenvalue weighted by Crippen LogP contribution is -2.43. The van der Waals surface area contributed by atoms with E-state index in [4.69, 9.17) is 4.74 Å². The molecule has 2 heterocycles. The fraction of sp³-hybridized carbons (Fsp3) is 0.208. The number of aryl methyl sites for hydroxylation is 2. The van der Waals surface area contributed by atoms with Crippen molar-refractivity contribution >= 4 is 34.3 Å². The number of hydrogen-bond acceptors (Lipinski definition) is 6. The highest BCUT2D eigenvalue weighted by Gasteiger charge is 2.16. The number of aromatic nitrogens is 3. The Morgan fingerprint density at radius 3 is 2.48 bits per heavy atom. The van der Waals surface area contributed by atoms with E-state index in [9.17, 15) is 14.4 Å². The van der Waals surface area contributed by atoms with Crippen LogP contribution >= 0.6 is 0 Å². The van der Waals surface area contributed by atoms with Gasteiger partial charge in [0.05, 0.1) is 5.52 Å². The molecule has 0 unspecified atom stereocenters. The number of carbonyl (C=O) groups excluding carboxylic acids is 3. The van der Waals surface area contributed by atoms with Crippen LogP contribution in [0, 0.1) is 13.8 Å². The van der Waals surface area contributed by atoms with Crippen molar-refractivity contribution in [3.63, 3.8) is 0 Å². The molecule has 168 valence electrons. The summed E-state index contributed by atoms with van der Waals surface area (Å²) < 4.78 is 6.83. The minimum atomic E-state index is -0.633. The van der Waals surface area contributed by atoms with Crippen molar-refractivity contribution in [3.05, 3.63) is 77.1 Å². The second-order valence-electron chi connectivity index (χ2n) is 7.54. The van der Waals surface area contributed by atoms with Crippen LogP contribution in [0.4, 0.5) is 0 Å². The molecule has 0 saturated heterocycles. The van der Waals surface area contributed by atoms with Crippen LogP contribution < -0.4 is 10.9 Å². The Morgan fingerprint density at radius 2 is 1.70 bits per heavy atom. The van der Waals surface area contributed by atoms with Crippen LogP contribution in [-0.4, -0.2) is 39.0 Å². The van der Waals surface area contributed by atoms with Gasteiger partial charge in [0.1, 0.15) is 0 Å². The zero-order valence-electron chi connectivity index (χ0n) is 18.3. The van der Waals surface area contributed by atoms with Gasteiger partial charge in [-0.25, -0.2) is 9.50 Å². The first-order valence-corrected chi connectivity index (χ1v) is 10.5. The molecule has 0 atom stereocenters. The predicted octanol–water partition coefficient (Wildman–Crippen LogP) is 2.44. The third kappa shape index (κ3) is 4.82. The van der Waals surface area contributed by atoms with Gasteiger partial charge in [-0.1, -0.05) is 30.3 Å². The second-order valence-corrected chi connectivity index (χ2v) is 7.54. The van der Waals surface area contributed by atoms with Gasteiger partial charge >= 0.3 is 5.97 Å². The van der Waals surface area contributed by atoms with Crippen molar-refractivity contribution in [3.8, 4) is 0 Å². The first-order valence-electron chi connectivity index (χ1n) is 10.5. The molecular weight excluding hydrogens is 422 g/mol. The summed E-state index contributed by atoms with van der Waals surface area (Å²) in [5.41, 5.74) is 9.17. The first kappa shape index (κ1) is 21.9. The van der Waals surface area contributed by atoms with E-state index in [-0.39, 0.29) is 6.42 Å². The number of nitrogens with zero attached hydrogens (tertiary/aromatic N) is 3. The highest BCUT2D eigenvalue weighted by atomic mass is 16.5. The monoisotopic (exact) mass is 445 g/mol. The summed E-state index contributed by atoms with van der Waals surface area (Å²) >= 11 is 0. The summed E-state index contributed by atoms with van der Waals surface area (Å²) in [5, 5.41) is 5.58. The smallest absolute Gasteiger partial charge is 0.306 e. The summed E-state index contributed by atoms with van der Waals surface area (Å²) in [4.78, 5) is 40.6. The lowest BCUT2D eigenvalue weighted by Gasteiger charge is -2.11. The molecule has 0 aliphatic carbocycles. The van der Waals surface area contributed by atoms with Gasteiger partial charge in [0.2, 0.25) is 0 Å². The van der Waals surface area contributed by atoms with E-state index < -0.39 is 24.4 Å². The van der Waals surface area contributed by atoms with Gasteiger partial charge in [0, 0.05) is 28.8 Å². The lowest BCUT2D eigenvalue weighted by atomic mass is 10.1. The maximum absolute atomic E-state index is 12.2. The molecule has 0 bridgehead atoms. The normalized spacial score (nSPS) is 10.8. The van der Waals surface area contributed by atoms with Crippen molar-refractivity contribution < 1.29 is 19.1 Å². The third-order valence-corrected chi connectivity index (χ3v) is 5.31. The summed E-state index contributed by atoms with van der Waals surface area (Å²) in [6.45, 7) is 3.35. The van der Waals surface area contributed by atoms with Gasteiger partial charge in [0.25, 0.3) is 11.8 Å². The van der Waals surface area contributed by atoms with Crippen molar-refractivity contribution in [1.29, 1.82) is 0 Å². The highest BCUT2D eigenvalue weighted by molar-refractivity contribution is 5.95.